The van der Waals surface area contributed by atoms with Crippen molar-refractivity contribution < 1.29 is 9.90 Å². The molecule has 3 nitrogen and oxygen atoms in total. The second kappa shape index (κ2) is 8.34. The highest BCUT2D eigenvalue weighted by Crippen LogP contribution is 2.12. The SMILES string of the molecule is CCCCCC(C)C(=O)[C@H](CO)NP. The Bertz CT molecular complexity index is 160. The van der Waals surface area contributed by atoms with Gasteiger partial charge in [-0.2, -0.15) is 0 Å². The van der Waals surface area contributed by atoms with E-state index in [2.05, 4.69) is 21.4 Å². The fraction of sp³-hybridized carbons (Fsp3) is 0.900. The molecule has 2 N–H and O–H groups in total. The molecule has 0 bridgehead atoms. The number of aliphatic hydroxyl groups excluding tert-OH is 1. The number of unbranched alkanes of at least 4 members (excludes halogenated alkanes) is 2. The maximum Gasteiger partial charge on any atom is 0.155 e. The molecule has 0 radical (unpaired) electrons. The van der Waals surface area contributed by atoms with E-state index in [9.17, 15) is 4.79 Å². The zero-order valence-electron chi connectivity index (χ0n) is 9.12. The van der Waals surface area contributed by atoms with Crippen molar-refractivity contribution >= 4 is 15.2 Å². The molecule has 0 aromatic heterocycles. The van der Waals surface area contributed by atoms with Gasteiger partial charge in [-0.15, -0.1) is 0 Å². The van der Waals surface area contributed by atoms with Crippen molar-refractivity contribution in [3.8, 4) is 0 Å². The summed E-state index contributed by atoms with van der Waals surface area (Å²) in [6.45, 7) is 3.95. The van der Waals surface area contributed by atoms with E-state index in [-0.39, 0.29) is 18.3 Å². The number of carbonyl (C=O) groups excluding carboxylic acids is 1. The average Bonchev–Trinajstić information content (AvgIpc) is 2.19. The highest BCUT2D eigenvalue weighted by Gasteiger charge is 2.20. The molecular weight excluding hydrogens is 197 g/mol. The highest BCUT2D eigenvalue weighted by atomic mass is 31.0. The number of rotatable bonds is 8. The Morgan fingerprint density at radius 1 is 1.50 bits per heavy atom. The Kier molecular flexibility index (Phi) is 8.35. The summed E-state index contributed by atoms with van der Waals surface area (Å²) in [5.74, 6) is 0.158. The van der Waals surface area contributed by atoms with Gasteiger partial charge in [0.25, 0.3) is 0 Å². The van der Waals surface area contributed by atoms with Crippen LogP contribution >= 0.6 is 9.39 Å². The number of nitrogens with one attached hydrogen (secondary N) is 1. The lowest BCUT2D eigenvalue weighted by Crippen LogP contribution is -2.37. The van der Waals surface area contributed by atoms with Crippen LogP contribution in [0.1, 0.15) is 39.5 Å². The molecule has 3 atom stereocenters. The lowest BCUT2D eigenvalue weighted by Gasteiger charge is -2.16. The minimum absolute atomic E-state index is 0.0479. The summed E-state index contributed by atoms with van der Waals surface area (Å²) in [5.41, 5.74) is 0. The lowest BCUT2D eigenvalue weighted by molar-refractivity contribution is -0.125. The van der Waals surface area contributed by atoms with Crippen molar-refractivity contribution in [1.82, 2.24) is 5.09 Å². The van der Waals surface area contributed by atoms with Crippen molar-refractivity contribution in [1.29, 1.82) is 0 Å². The molecule has 0 aliphatic carbocycles. The summed E-state index contributed by atoms with van der Waals surface area (Å²) in [7, 11) is 2.28. The van der Waals surface area contributed by atoms with Gasteiger partial charge < -0.3 is 5.11 Å². The molecule has 0 aliphatic heterocycles. The van der Waals surface area contributed by atoms with Crippen LogP contribution in [-0.2, 0) is 4.79 Å². The minimum Gasteiger partial charge on any atom is -0.394 e. The summed E-state index contributed by atoms with van der Waals surface area (Å²) in [6, 6.07) is -0.420. The number of Topliss-reactive ketones (excluding diaryl/α,β-unsaturated/α-hetero) is 1. The number of aliphatic hydroxyl groups is 1. The van der Waals surface area contributed by atoms with Gasteiger partial charge in [-0.25, -0.2) is 0 Å². The molecule has 2 unspecified atom stereocenters. The Morgan fingerprint density at radius 2 is 2.14 bits per heavy atom. The average molecular weight is 219 g/mol. The van der Waals surface area contributed by atoms with E-state index in [0.29, 0.717) is 0 Å². The van der Waals surface area contributed by atoms with E-state index in [0.717, 1.165) is 12.8 Å². The fourth-order valence-corrected chi connectivity index (χ4v) is 1.68. The van der Waals surface area contributed by atoms with Gasteiger partial charge in [-0.3, -0.25) is 9.88 Å². The van der Waals surface area contributed by atoms with Gasteiger partial charge in [0.2, 0.25) is 0 Å². The topological polar surface area (TPSA) is 49.3 Å². The first kappa shape index (κ1) is 14.0. The maximum atomic E-state index is 11.7. The van der Waals surface area contributed by atoms with Gasteiger partial charge >= 0.3 is 0 Å². The molecule has 0 spiro atoms. The van der Waals surface area contributed by atoms with Crippen molar-refractivity contribution in [2.75, 3.05) is 6.61 Å². The van der Waals surface area contributed by atoms with Crippen molar-refractivity contribution in [2.24, 2.45) is 5.92 Å². The van der Waals surface area contributed by atoms with E-state index in [1.54, 1.807) is 0 Å². The van der Waals surface area contributed by atoms with Crippen LogP contribution in [0.3, 0.4) is 0 Å². The first-order chi connectivity index (χ1) is 6.67. The van der Waals surface area contributed by atoms with Gasteiger partial charge in [-0.1, -0.05) is 42.5 Å². The molecule has 0 aliphatic rings. The molecule has 0 rings (SSSR count). The van der Waals surface area contributed by atoms with Crippen molar-refractivity contribution in [3.63, 3.8) is 0 Å². The third kappa shape index (κ3) is 5.04. The third-order valence-corrected chi connectivity index (χ3v) is 2.86. The largest absolute Gasteiger partial charge is 0.394 e. The summed E-state index contributed by atoms with van der Waals surface area (Å²) in [4.78, 5) is 11.7. The maximum absolute atomic E-state index is 11.7. The highest BCUT2D eigenvalue weighted by molar-refractivity contribution is 7.13. The second-order valence-corrected chi connectivity index (χ2v) is 4.03. The van der Waals surface area contributed by atoms with Gasteiger partial charge in [0.15, 0.2) is 5.78 Å². The minimum atomic E-state index is -0.420. The van der Waals surface area contributed by atoms with E-state index >= 15 is 0 Å². The van der Waals surface area contributed by atoms with Crippen LogP contribution in [0.15, 0.2) is 0 Å². The summed E-state index contributed by atoms with van der Waals surface area (Å²) >= 11 is 0. The standard InChI is InChI=1S/C10H22NO2P/c1-3-4-5-6-8(2)10(13)9(7-12)11-14/h8-9,11-12H,3-7,14H2,1-2H3/t8?,9-/m0/s1. The second-order valence-electron chi connectivity index (χ2n) is 3.70. The molecule has 4 heteroatoms. The van der Waals surface area contributed by atoms with Gasteiger partial charge in [0, 0.05) is 5.92 Å². The monoisotopic (exact) mass is 219 g/mol. The predicted octanol–water partition coefficient (Wildman–Crippen LogP) is 1.51. The van der Waals surface area contributed by atoms with Crippen LogP contribution < -0.4 is 5.09 Å². The summed E-state index contributed by atoms with van der Waals surface area (Å²) in [5, 5.41) is 11.7. The van der Waals surface area contributed by atoms with E-state index in [1.165, 1.54) is 12.8 Å². The van der Waals surface area contributed by atoms with Crippen LogP contribution in [0.5, 0.6) is 0 Å². The molecule has 0 aromatic rings. The van der Waals surface area contributed by atoms with Crippen molar-refractivity contribution in [2.45, 2.75) is 45.6 Å². The first-order valence-electron chi connectivity index (χ1n) is 5.28. The molecule has 0 heterocycles. The van der Waals surface area contributed by atoms with Crippen LogP contribution in [0.4, 0.5) is 0 Å². The molecule has 0 saturated carbocycles. The van der Waals surface area contributed by atoms with Crippen LogP contribution in [0.25, 0.3) is 0 Å². The van der Waals surface area contributed by atoms with Gasteiger partial charge in [0.05, 0.1) is 12.6 Å². The third-order valence-electron chi connectivity index (χ3n) is 2.45. The van der Waals surface area contributed by atoms with Crippen LogP contribution in [0.2, 0.25) is 0 Å². The number of hydrogen-bond acceptors (Lipinski definition) is 3. The van der Waals surface area contributed by atoms with E-state index < -0.39 is 6.04 Å². The summed E-state index contributed by atoms with van der Waals surface area (Å²) in [6.07, 6.45) is 4.37. The Hall–Kier alpha value is 0.0200. The first-order valence-corrected chi connectivity index (χ1v) is 5.85. The lowest BCUT2D eigenvalue weighted by atomic mass is 9.95. The van der Waals surface area contributed by atoms with E-state index in [4.69, 9.17) is 5.11 Å². The number of ketones is 1. The normalized spacial score (nSPS) is 15.1. The molecule has 14 heavy (non-hydrogen) atoms. The number of carbonyl (C=O) groups is 1. The predicted molar refractivity (Wildman–Crippen MR) is 62.0 cm³/mol. The molecule has 0 saturated heterocycles. The molecule has 0 aromatic carbocycles. The van der Waals surface area contributed by atoms with E-state index in [1.807, 2.05) is 6.92 Å². The quantitative estimate of drug-likeness (QED) is 0.480. The summed E-state index contributed by atoms with van der Waals surface area (Å²) < 4.78 is 0. The fourth-order valence-electron chi connectivity index (χ4n) is 1.41. The zero-order chi connectivity index (χ0) is 11.0. The van der Waals surface area contributed by atoms with Gasteiger partial charge in [-0.05, 0) is 6.42 Å². The smallest absolute Gasteiger partial charge is 0.155 e. The van der Waals surface area contributed by atoms with Gasteiger partial charge in [0.1, 0.15) is 0 Å². The molecular formula is C10H22NO2P. The number of hydrogen-bond donors (Lipinski definition) is 2. The molecule has 0 fully saturated rings. The van der Waals surface area contributed by atoms with Crippen molar-refractivity contribution in [3.05, 3.63) is 0 Å². The Balaban J connectivity index is 3.84. The van der Waals surface area contributed by atoms with Crippen LogP contribution in [0, 0.1) is 5.92 Å². The van der Waals surface area contributed by atoms with Crippen LogP contribution in [-0.4, -0.2) is 23.5 Å². The molecule has 84 valence electrons. The zero-order valence-corrected chi connectivity index (χ0v) is 10.3. The Labute approximate surface area is 88.9 Å². The molecule has 0 amide bonds. The Morgan fingerprint density at radius 3 is 2.57 bits per heavy atom.